The average Bonchev–Trinajstić information content (AvgIpc) is 2.45. The van der Waals surface area contributed by atoms with Gasteiger partial charge in [0, 0.05) is 12.0 Å². The first kappa shape index (κ1) is 12.8. The summed E-state index contributed by atoms with van der Waals surface area (Å²) in [5, 5.41) is 8.60. The van der Waals surface area contributed by atoms with E-state index in [1.807, 2.05) is 42.5 Å². The first-order chi connectivity index (χ1) is 9.22. The summed E-state index contributed by atoms with van der Waals surface area (Å²) in [5.41, 5.74) is 8.69. The van der Waals surface area contributed by atoms with E-state index in [1.54, 1.807) is 6.07 Å². The molecule has 3 nitrogen and oxygen atoms in total. The first-order valence-electron chi connectivity index (χ1n) is 6.07. The van der Waals surface area contributed by atoms with Crippen molar-refractivity contribution in [3.8, 4) is 17.2 Å². The topological polar surface area (TPSA) is 66.9 Å². The lowest BCUT2D eigenvalue weighted by Crippen LogP contribution is -2.13. The van der Waals surface area contributed by atoms with Crippen molar-refractivity contribution >= 4 is 5.91 Å². The molecule has 1 amide bonds. The van der Waals surface area contributed by atoms with Crippen molar-refractivity contribution in [2.45, 2.75) is 12.8 Å². The summed E-state index contributed by atoms with van der Waals surface area (Å²) in [7, 11) is 0. The van der Waals surface area contributed by atoms with Gasteiger partial charge in [-0.25, -0.2) is 0 Å². The molecule has 0 aliphatic heterocycles. The third-order valence-electron chi connectivity index (χ3n) is 2.96. The third kappa shape index (κ3) is 2.99. The number of aryl methyl sites for hydroxylation is 1. The van der Waals surface area contributed by atoms with Gasteiger partial charge in [-0.15, -0.1) is 0 Å². The fourth-order valence-corrected chi connectivity index (χ4v) is 2.02. The number of benzene rings is 2. The second-order valence-electron chi connectivity index (χ2n) is 4.27. The van der Waals surface area contributed by atoms with Gasteiger partial charge in [0.2, 0.25) is 5.91 Å². The summed E-state index contributed by atoms with van der Waals surface area (Å²) < 4.78 is 0. The van der Waals surface area contributed by atoms with Crippen LogP contribution in [0.3, 0.4) is 0 Å². The minimum atomic E-state index is -0.447. The van der Waals surface area contributed by atoms with E-state index in [9.17, 15) is 4.79 Å². The lowest BCUT2D eigenvalue weighted by molar-refractivity contribution is 0.100. The van der Waals surface area contributed by atoms with Crippen LogP contribution in [0.15, 0.2) is 48.5 Å². The summed E-state index contributed by atoms with van der Waals surface area (Å²) >= 11 is 0. The molecular formula is C16H14N2O. The van der Waals surface area contributed by atoms with Crippen LogP contribution in [0.1, 0.15) is 22.3 Å². The Morgan fingerprint density at radius 1 is 1.16 bits per heavy atom. The Hall–Kier alpha value is -2.60. The van der Waals surface area contributed by atoms with Crippen LogP contribution < -0.4 is 5.73 Å². The smallest absolute Gasteiger partial charge is 0.249 e. The zero-order valence-corrected chi connectivity index (χ0v) is 10.5. The van der Waals surface area contributed by atoms with E-state index in [0.29, 0.717) is 18.4 Å². The van der Waals surface area contributed by atoms with E-state index in [-0.39, 0.29) is 0 Å². The fraction of sp³-hybridized carbons (Fsp3) is 0.125. The van der Waals surface area contributed by atoms with Crippen molar-refractivity contribution in [2.24, 2.45) is 5.73 Å². The predicted molar refractivity (Wildman–Crippen MR) is 74.3 cm³/mol. The third-order valence-corrected chi connectivity index (χ3v) is 2.96. The Morgan fingerprint density at radius 2 is 1.89 bits per heavy atom. The van der Waals surface area contributed by atoms with E-state index >= 15 is 0 Å². The lowest BCUT2D eigenvalue weighted by atomic mass is 9.96. The molecule has 94 valence electrons. The van der Waals surface area contributed by atoms with Crippen LogP contribution in [0.4, 0.5) is 0 Å². The molecular weight excluding hydrogens is 236 g/mol. The second kappa shape index (κ2) is 5.83. The Morgan fingerprint density at radius 3 is 2.53 bits per heavy atom. The van der Waals surface area contributed by atoms with Crippen LogP contribution in [-0.2, 0) is 6.42 Å². The number of nitriles is 1. The molecule has 2 aromatic rings. The Labute approximate surface area is 112 Å². The lowest BCUT2D eigenvalue weighted by Gasteiger charge is -2.09. The van der Waals surface area contributed by atoms with Crippen molar-refractivity contribution in [1.82, 2.24) is 0 Å². The number of nitrogens with two attached hydrogens (primary N) is 1. The number of rotatable bonds is 4. The highest BCUT2D eigenvalue weighted by Gasteiger charge is 2.10. The Balaban J connectivity index is 2.45. The number of primary amides is 1. The molecule has 0 heterocycles. The van der Waals surface area contributed by atoms with Crippen molar-refractivity contribution in [3.63, 3.8) is 0 Å². The summed E-state index contributed by atoms with van der Waals surface area (Å²) in [6.45, 7) is 0. The van der Waals surface area contributed by atoms with Crippen molar-refractivity contribution in [2.75, 3.05) is 0 Å². The maximum Gasteiger partial charge on any atom is 0.249 e. The van der Waals surface area contributed by atoms with Gasteiger partial charge in [0.1, 0.15) is 0 Å². The zero-order chi connectivity index (χ0) is 13.7. The van der Waals surface area contributed by atoms with Crippen LogP contribution in [-0.4, -0.2) is 5.91 Å². The van der Waals surface area contributed by atoms with Gasteiger partial charge in [-0.05, 0) is 29.2 Å². The maximum absolute atomic E-state index is 11.6. The van der Waals surface area contributed by atoms with E-state index in [0.717, 1.165) is 16.7 Å². The average molecular weight is 250 g/mol. The largest absolute Gasteiger partial charge is 0.366 e. The first-order valence-corrected chi connectivity index (χ1v) is 6.07. The molecule has 0 aromatic heterocycles. The molecule has 2 rings (SSSR count). The van der Waals surface area contributed by atoms with E-state index in [4.69, 9.17) is 11.0 Å². The van der Waals surface area contributed by atoms with Crippen LogP contribution in [0.2, 0.25) is 0 Å². The Kier molecular flexibility index (Phi) is 3.94. The second-order valence-corrected chi connectivity index (χ2v) is 4.27. The zero-order valence-electron chi connectivity index (χ0n) is 10.5. The number of hydrogen-bond acceptors (Lipinski definition) is 2. The molecule has 0 fully saturated rings. The van der Waals surface area contributed by atoms with E-state index < -0.39 is 5.91 Å². The minimum Gasteiger partial charge on any atom is -0.366 e. The molecule has 0 aliphatic rings. The highest BCUT2D eigenvalue weighted by Crippen LogP contribution is 2.24. The summed E-state index contributed by atoms with van der Waals surface area (Å²) in [5.74, 6) is -0.447. The van der Waals surface area contributed by atoms with Crippen LogP contribution >= 0.6 is 0 Å². The quantitative estimate of drug-likeness (QED) is 0.906. The van der Waals surface area contributed by atoms with E-state index in [2.05, 4.69) is 6.07 Å². The number of carbonyl (C=O) groups excluding carboxylic acids is 1. The number of nitrogens with zero attached hydrogens (tertiary/aromatic N) is 1. The van der Waals surface area contributed by atoms with Gasteiger partial charge in [-0.1, -0.05) is 42.5 Å². The van der Waals surface area contributed by atoms with Gasteiger partial charge < -0.3 is 5.73 Å². The maximum atomic E-state index is 11.6. The van der Waals surface area contributed by atoms with Gasteiger partial charge in [0.05, 0.1) is 6.07 Å². The summed E-state index contributed by atoms with van der Waals surface area (Å²) in [6.07, 6.45) is 1.06. The van der Waals surface area contributed by atoms with E-state index in [1.165, 1.54) is 0 Å². The van der Waals surface area contributed by atoms with Gasteiger partial charge in [0.15, 0.2) is 0 Å². The number of carbonyl (C=O) groups is 1. The summed E-state index contributed by atoms with van der Waals surface area (Å²) in [4.78, 5) is 11.6. The molecule has 0 unspecified atom stereocenters. The van der Waals surface area contributed by atoms with Gasteiger partial charge in [0.25, 0.3) is 0 Å². The fourth-order valence-electron chi connectivity index (χ4n) is 2.02. The molecule has 0 spiro atoms. The van der Waals surface area contributed by atoms with Crippen molar-refractivity contribution in [1.29, 1.82) is 5.26 Å². The van der Waals surface area contributed by atoms with Crippen LogP contribution in [0, 0.1) is 11.3 Å². The monoisotopic (exact) mass is 250 g/mol. The number of amides is 1. The van der Waals surface area contributed by atoms with Crippen molar-refractivity contribution < 1.29 is 4.79 Å². The van der Waals surface area contributed by atoms with Crippen LogP contribution in [0.25, 0.3) is 11.1 Å². The molecule has 0 bridgehead atoms. The van der Waals surface area contributed by atoms with Gasteiger partial charge in [-0.2, -0.15) is 5.26 Å². The highest BCUT2D eigenvalue weighted by molar-refractivity contribution is 6.00. The van der Waals surface area contributed by atoms with Crippen LogP contribution in [0.5, 0.6) is 0 Å². The molecule has 3 heteroatoms. The molecule has 0 saturated heterocycles. The predicted octanol–water partition coefficient (Wildman–Crippen LogP) is 2.91. The Bertz CT molecular complexity index is 627. The van der Waals surface area contributed by atoms with Gasteiger partial charge in [-0.3, -0.25) is 4.79 Å². The molecule has 0 atom stereocenters. The molecule has 19 heavy (non-hydrogen) atoms. The van der Waals surface area contributed by atoms with Gasteiger partial charge >= 0.3 is 0 Å². The molecule has 2 N–H and O–H groups in total. The SMILES string of the molecule is N#CCCc1ccc(-c2ccccc2)c(C(N)=O)c1. The number of hydrogen-bond donors (Lipinski definition) is 1. The standard InChI is InChI=1S/C16H14N2O/c17-10-4-5-12-8-9-14(15(11-12)16(18)19)13-6-2-1-3-7-13/h1-3,6-9,11H,4-5H2,(H2,18,19). The summed E-state index contributed by atoms with van der Waals surface area (Å²) in [6, 6.07) is 17.4. The minimum absolute atomic E-state index is 0.433. The molecule has 2 aromatic carbocycles. The molecule has 0 saturated carbocycles. The normalized spacial score (nSPS) is 9.84. The highest BCUT2D eigenvalue weighted by atomic mass is 16.1. The molecule has 0 aliphatic carbocycles. The van der Waals surface area contributed by atoms with Crippen molar-refractivity contribution in [3.05, 3.63) is 59.7 Å². The molecule has 0 radical (unpaired) electrons.